The topological polar surface area (TPSA) is 78.1 Å². The predicted octanol–water partition coefficient (Wildman–Crippen LogP) is 2.81. The van der Waals surface area contributed by atoms with Crippen LogP contribution in [0.3, 0.4) is 0 Å². The fourth-order valence-electron chi connectivity index (χ4n) is 2.82. The van der Waals surface area contributed by atoms with Crippen LogP contribution < -0.4 is 10.2 Å². The average molecular weight is 324 g/mol. The minimum Gasteiger partial charge on any atom is -0.326 e. The van der Waals surface area contributed by atoms with Crippen molar-refractivity contribution in [3.05, 3.63) is 48.3 Å². The summed E-state index contributed by atoms with van der Waals surface area (Å²) in [5, 5.41) is 10.5. The van der Waals surface area contributed by atoms with Gasteiger partial charge in [-0.3, -0.25) is 9.89 Å². The number of fused-ring (bicyclic) bond motifs is 1. The fraction of sp³-hybridized carbons (Fsp3) is 0.118. The molecule has 4 rings (SSSR count). The summed E-state index contributed by atoms with van der Waals surface area (Å²) in [6.45, 7) is 1.64. The molecule has 0 bridgehead atoms. The van der Waals surface area contributed by atoms with Crippen LogP contribution >= 0.6 is 0 Å². The number of aromatic amines is 1. The molecule has 0 radical (unpaired) electrons. The quantitative estimate of drug-likeness (QED) is 0.712. The summed E-state index contributed by atoms with van der Waals surface area (Å²) in [7, 11) is 0. The zero-order valence-electron chi connectivity index (χ0n) is 12.7. The Hall–Kier alpha value is -3.22. The molecule has 0 spiro atoms. The number of benzene rings is 2. The molecule has 6 nitrogen and oxygen atoms in total. The maximum absolute atomic E-state index is 13.1. The molecule has 0 aliphatic carbocycles. The molecule has 1 saturated heterocycles. The Labute approximate surface area is 136 Å². The third kappa shape index (κ3) is 2.13. The van der Waals surface area contributed by atoms with Gasteiger partial charge in [0.15, 0.2) is 0 Å². The molecule has 1 unspecified atom stereocenters. The van der Waals surface area contributed by atoms with E-state index < -0.39 is 12.1 Å². The van der Waals surface area contributed by atoms with E-state index in [0.29, 0.717) is 11.4 Å². The number of hydrogen-bond acceptors (Lipinski definition) is 3. The van der Waals surface area contributed by atoms with Gasteiger partial charge in [0.2, 0.25) is 0 Å². The van der Waals surface area contributed by atoms with E-state index >= 15 is 0 Å². The molecule has 24 heavy (non-hydrogen) atoms. The minimum absolute atomic E-state index is 0.300. The number of anilines is 1. The second kappa shape index (κ2) is 5.16. The number of urea groups is 1. The Bertz CT molecular complexity index is 964. The zero-order valence-corrected chi connectivity index (χ0v) is 12.7. The number of hydrogen-bond donors (Lipinski definition) is 2. The van der Waals surface area contributed by atoms with E-state index in [1.165, 1.54) is 12.1 Å². The number of halogens is 1. The number of H-pyrrole nitrogens is 1. The number of carbonyl (C=O) groups is 2. The zero-order chi connectivity index (χ0) is 16.8. The number of carbonyl (C=O) groups excluding carboxylic acids is 2. The van der Waals surface area contributed by atoms with Gasteiger partial charge in [-0.15, -0.1) is 0 Å². The lowest BCUT2D eigenvalue weighted by Gasteiger charge is -2.12. The van der Waals surface area contributed by atoms with Crippen molar-refractivity contribution in [3.8, 4) is 11.3 Å². The molecular weight excluding hydrogens is 311 g/mol. The molecule has 1 atom stereocenters. The summed E-state index contributed by atoms with van der Waals surface area (Å²) in [6.07, 6.45) is 0. The van der Waals surface area contributed by atoms with Crippen molar-refractivity contribution in [2.75, 3.05) is 4.90 Å². The summed E-state index contributed by atoms with van der Waals surface area (Å²) in [5.74, 6) is -0.626. The number of nitrogens with zero attached hydrogens (tertiary/aromatic N) is 2. The lowest BCUT2D eigenvalue weighted by molar-refractivity contribution is -0.117. The number of rotatable bonds is 2. The summed E-state index contributed by atoms with van der Waals surface area (Å²) in [5.41, 5.74) is 2.61. The number of imide groups is 1. The Morgan fingerprint density at radius 1 is 1.12 bits per heavy atom. The Kier molecular flexibility index (Phi) is 3.09. The van der Waals surface area contributed by atoms with Crippen LogP contribution in [-0.4, -0.2) is 28.2 Å². The monoisotopic (exact) mass is 324 g/mol. The van der Waals surface area contributed by atoms with E-state index in [0.717, 1.165) is 21.4 Å². The van der Waals surface area contributed by atoms with Gasteiger partial charge in [0.1, 0.15) is 11.9 Å². The molecule has 1 aliphatic heterocycles. The van der Waals surface area contributed by atoms with E-state index in [2.05, 4.69) is 15.5 Å². The molecule has 2 N–H and O–H groups in total. The van der Waals surface area contributed by atoms with Crippen LogP contribution in [0.5, 0.6) is 0 Å². The Morgan fingerprint density at radius 3 is 2.54 bits per heavy atom. The number of amides is 3. The van der Waals surface area contributed by atoms with Gasteiger partial charge in [-0.2, -0.15) is 5.10 Å². The Balaban J connectivity index is 1.83. The van der Waals surface area contributed by atoms with Crippen molar-refractivity contribution in [2.24, 2.45) is 0 Å². The van der Waals surface area contributed by atoms with Crippen molar-refractivity contribution >= 4 is 28.5 Å². The highest BCUT2D eigenvalue weighted by atomic mass is 19.1. The van der Waals surface area contributed by atoms with Gasteiger partial charge in [0.05, 0.1) is 16.9 Å². The minimum atomic E-state index is -0.547. The molecule has 1 fully saturated rings. The molecule has 7 heteroatoms. The largest absolute Gasteiger partial charge is 0.329 e. The van der Waals surface area contributed by atoms with E-state index in [1.807, 2.05) is 0 Å². The molecule has 3 aromatic rings. The SMILES string of the molecule is CC1NC(=O)N(c2ccc3[nH]nc(-c4ccc(F)cc4)c3c2)C1=O. The highest BCUT2D eigenvalue weighted by Gasteiger charge is 2.36. The van der Waals surface area contributed by atoms with Gasteiger partial charge in [-0.1, -0.05) is 0 Å². The van der Waals surface area contributed by atoms with Gasteiger partial charge in [0, 0.05) is 10.9 Å². The maximum Gasteiger partial charge on any atom is 0.329 e. The molecular formula is C17H13FN4O2. The molecule has 2 heterocycles. The molecule has 0 saturated carbocycles. The third-order valence-corrected chi connectivity index (χ3v) is 4.06. The first kappa shape index (κ1) is 14.4. The number of nitrogens with one attached hydrogen (secondary N) is 2. The van der Waals surface area contributed by atoms with Crippen molar-refractivity contribution in [2.45, 2.75) is 13.0 Å². The lowest BCUT2D eigenvalue weighted by atomic mass is 10.1. The second-order valence-electron chi connectivity index (χ2n) is 5.65. The highest BCUT2D eigenvalue weighted by Crippen LogP contribution is 2.30. The van der Waals surface area contributed by atoms with E-state index in [9.17, 15) is 14.0 Å². The van der Waals surface area contributed by atoms with Crippen LogP contribution in [0.4, 0.5) is 14.9 Å². The van der Waals surface area contributed by atoms with E-state index in [1.54, 1.807) is 37.3 Å². The summed E-state index contributed by atoms with van der Waals surface area (Å²) >= 11 is 0. The van der Waals surface area contributed by atoms with Crippen molar-refractivity contribution in [1.29, 1.82) is 0 Å². The molecule has 2 aromatic carbocycles. The van der Waals surface area contributed by atoms with Crippen LogP contribution in [0.1, 0.15) is 6.92 Å². The van der Waals surface area contributed by atoms with Crippen molar-refractivity contribution in [3.63, 3.8) is 0 Å². The van der Waals surface area contributed by atoms with Crippen LogP contribution in [-0.2, 0) is 4.79 Å². The second-order valence-corrected chi connectivity index (χ2v) is 5.65. The highest BCUT2D eigenvalue weighted by molar-refractivity contribution is 6.21. The Morgan fingerprint density at radius 2 is 1.88 bits per heavy atom. The van der Waals surface area contributed by atoms with Gasteiger partial charge in [-0.25, -0.2) is 14.1 Å². The summed E-state index contributed by atoms with van der Waals surface area (Å²) in [4.78, 5) is 25.3. The molecule has 3 amide bonds. The smallest absolute Gasteiger partial charge is 0.326 e. The van der Waals surface area contributed by atoms with Crippen LogP contribution in [0.2, 0.25) is 0 Å². The standard InChI is InChI=1S/C17H13FN4O2/c1-9-16(23)22(17(24)19-9)12-6-7-14-13(8-12)15(21-20-14)10-2-4-11(18)5-3-10/h2-9H,1H3,(H,19,24)(H,20,21). The summed E-state index contributed by atoms with van der Waals surface area (Å²) < 4.78 is 13.1. The van der Waals surface area contributed by atoms with Gasteiger partial charge in [-0.05, 0) is 49.4 Å². The normalized spacial score (nSPS) is 17.6. The van der Waals surface area contributed by atoms with Gasteiger partial charge >= 0.3 is 6.03 Å². The first-order valence-electron chi connectivity index (χ1n) is 7.43. The summed E-state index contributed by atoms with van der Waals surface area (Å²) in [6, 6.07) is 10.2. The van der Waals surface area contributed by atoms with Crippen molar-refractivity contribution in [1.82, 2.24) is 15.5 Å². The molecule has 120 valence electrons. The number of aromatic nitrogens is 2. The van der Waals surface area contributed by atoms with Crippen molar-refractivity contribution < 1.29 is 14.0 Å². The fourth-order valence-corrected chi connectivity index (χ4v) is 2.82. The lowest BCUT2D eigenvalue weighted by Crippen LogP contribution is -2.30. The predicted molar refractivity (Wildman–Crippen MR) is 87.0 cm³/mol. The first-order chi connectivity index (χ1) is 11.5. The third-order valence-electron chi connectivity index (χ3n) is 4.06. The molecule has 1 aliphatic rings. The molecule has 1 aromatic heterocycles. The van der Waals surface area contributed by atoms with Gasteiger partial charge in [0.25, 0.3) is 5.91 Å². The van der Waals surface area contributed by atoms with Crippen LogP contribution in [0, 0.1) is 5.82 Å². The van der Waals surface area contributed by atoms with Gasteiger partial charge < -0.3 is 5.32 Å². The van der Waals surface area contributed by atoms with Crippen LogP contribution in [0.15, 0.2) is 42.5 Å². The maximum atomic E-state index is 13.1. The van der Waals surface area contributed by atoms with E-state index in [-0.39, 0.29) is 11.7 Å². The first-order valence-corrected chi connectivity index (χ1v) is 7.43. The average Bonchev–Trinajstić information content (AvgIpc) is 3.09. The van der Waals surface area contributed by atoms with E-state index in [4.69, 9.17) is 0 Å². The van der Waals surface area contributed by atoms with Crippen LogP contribution in [0.25, 0.3) is 22.2 Å².